The molecule has 0 aliphatic heterocycles. The molecule has 0 saturated heterocycles. The van der Waals surface area contributed by atoms with Crippen LogP contribution in [0, 0.1) is 17.5 Å². The first-order chi connectivity index (χ1) is 10.5. The number of anilines is 1. The number of nitrogens with one attached hydrogen (secondary N) is 1. The molecule has 0 aromatic heterocycles. The standard InChI is InChI=1S/C16H20F3NO2/c1-3-4-5-6-7-8-13(16(21)22-2)20-12-10-9-11(17)14(18)15(12)19/h3,9-10,13,20H,1,4-8H2,2H3. The Hall–Kier alpha value is -1.98. The molecule has 0 heterocycles. The monoisotopic (exact) mass is 315 g/mol. The number of hydrogen-bond donors (Lipinski definition) is 1. The van der Waals surface area contributed by atoms with E-state index in [0.717, 1.165) is 31.4 Å². The molecule has 1 atom stereocenters. The number of ether oxygens (including phenoxy) is 1. The summed E-state index contributed by atoms with van der Waals surface area (Å²) < 4.78 is 44.4. The number of esters is 1. The van der Waals surface area contributed by atoms with Crippen LogP contribution in [-0.4, -0.2) is 19.1 Å². The normalized spacial score (nSPS) is 11.8. The first-order valence-corrected chi connectivity index (χ1v) is 7.10. The Bertz CT molecular complexity index is 520. The van der Waals surface area contributed by atoms with Crippen LogP contribution in [0.1, 0.15) is 32.1 Å². The molecule has 0 spiro atoms. The molecular formula is C16H20F3NO2. The molecule has 0 bridgehead atoms. The second kappa shape index (κ2) is 9.12. The highest BCUT2D eigenvalue weighted by Gasteiger charge is 2.22. The molecule has 3 nitrogen and oxygen atoms in total. The zero-order chi connectivity index (χ0) is 16.5. The Labute approximate surface area is 128 Å². The zero-order valence-corrected chi connectivity index (χ0v) is 12.5. The molecule has 6 heteroatoms. The number of carbonyl (C=O) groups excluding carboxylic acids is 1. The molecule has 0 amide bonds. The van der Waals surface area contributed by atoms with Crippen molar-refractivity contribution in [1.82, 2.24) is 0 Å². The van der Waals surface area contributed by atoms with Crippen LogP contribution in [0.5, 0.6) is 0 Å². The highest BCUT2D eigenvalue weighted by atomic mass is 19.2. The van der Waals surface area contributed by atoms with E-state index in [1.54, 1.807) is 0 Å². The number of halogens is 3. The lowest BCUT2D eigenvalue weighted by Gasteiger charge is -2.18. The second-order valence-corrected chi connectivity index (χ2v) is 4.87. The molecule has 1 unspecified atom stereocenters. The molecule has 0 radical (unpaired) electrons. The van der Waals surface area contributed by atoms with E-state index in [2.05, 4.69) is 16.6 Å². The third-order valence-electron chi connectivity index (χ3n) is 3.25. The van der Waals surface area contributed by atoms with Crippen LogP contribution in [0.4, 0.5) is 18.9 Å². The Morgan fingerprint density at radius 2 is 2.00 bits per heavy atom. The Balaban J connectivity index is 2.71. The van der Waals surface area contributed by atoms with E-state index in [1.165, 1.54) is 7.11 Å². The van der Waals surface area contributed by atoms with Crippen molar-refractivity contribution < 1.29 is 22.7 Å². The van der Waals surface area contributed by atoms with Crippen LogP contribution in [0.3, 0.4) is 0 Å². The van der Waals surface area contributed by atoms with E-state index >= 15 is 0 Å². The van der Waals surface area contributed by atoms with Gasteiger partial charge in [0.05, 0.1) is 12.8 Å². The van der Waals surface area contributed by atoms with Crippen LogP contribution in [0.2, 0.25) is 0 Å². The van der Waals surface area contributed by atoms with Crippen LogP contribution >= 0.6 is 0 Å². The van der Waals surface area contributed by atoms with E-state index in [9.17, 15) is 18.0 Å². The quantitative estimate of drug-likeness (QED) is 0.321. The van der Waals surface area contributed by atoms with Crippen LogP contribution in [-0.2, 0) is 9.53 Å². The van der Waals surface area contributed by atoms with Gasteiger partial charge < -0.3 is 10.1 Å². The van der Waals surface area contributed by atoms with Crippen molar-refractivity contribution in [3.63, 3.8) is 0 Å². The second-order valence-electron chi connectivity index (χ2n) is 4.87. The lowest BCUT2D eigenvalue weighted by atomic mass is 10.1. The fourth-order valence-corrected chi connectivity index (χ4v) is 2.03. The van der Waals surface area contributed by atoms with Gasteiger partial charge in [-0.3, -0.25) is 0 Å². The van der Waals surface area contributed by atoms with Crippen molar-refractivity contribution in [2.24, 2.45) is 0 Å². The maximum atomic E-state index is 13.6. The predicted molar refractivity (Wildman–Crippen MR) is 79.0 cm³/mol. The van der Waals surface area contributed by atoms with Crippen molar-refractivity contribution in [2.45, 2.75) is 38.1 Å². The van der Waals surface area contributed by atoms with Gasteiger partial charge in [-0.2, -0.15) is 0 Å². The van der Waals surface area contributed by atoms with Crippen molar-refractivity contribution in [1.29, 1.82) is 0 Å². The number of unbranched alkanes of at least 4 members (excludes halogenated alkanes) is 3. The van der Waals surface area contributed by atoms with E-state index in [-0.39, 0.29) is 5.69 Å². The SMILES string of the molecule is C=CCCCCCC(Nc1ccc(F)c(F)c1F)C(=O)OC. The Kier molecular flexibility index (Phi) is 7.49. The number of hydrogen-bond acceptors (Lipinski definition) is 3. The molecule has 1 aromatic rings. The minimum absolute atomic E-state index is 0.264. The maximum Gasteiger partial charge on any atom is 0.328 e. The first kappa shape index (κ1) is 18.1. The summed E-state index contributed by atoms with van der Waals surface area (Å²) in [6.45, 7) is 3.62. The van der Waals surface area contributed by atoms with Crippen molar-refractivity contribution in [3.8, 4) is 0 Å². The molecule has 0 aliphatic rings. The molecule has 0 fully saturated rings. The average molecular weight is 315 g/mol. The summed E-state index contributed by atoms with van der Waals surface area (Å²) in [5, 5.41) is 2.58. The Morgan fingerprint density at radius 1 is 1.27 bits per heavy atom. The molecule has 0 aliphatic carbocycles. The molecular weight excluding hydrogens is 295 g/mol. The molecule has 122 valence electrons. The number of benzene rings is 1. The topological polar surface area (TPSA) is 38.3 Å². The summed E-state index contributed by atoms with van der Waals surface area (Å²) in [7, 11) is 1.22. The third-order valence-corrected chi connectivity index (χ3v) is 3.25. The van der Waals surface area contributed by atoms with Gasteiger partial charge in [-0.25, -0.2) is 18.0 Å². The highest BCUT2D eigenvalue weighted by Crippen LogP contribution is 2.21. The molecule has 1 aromatic carbocycles. The largest absolute Gasteiger partial charge is 0.467 e. The van der Waals surface area contributed by atoms with Crippen LogP contribution in [0.25, 0.3) is 0 Å². The summed E-state index contributed by atoms with van der Waals surface area (Å²) in [6, 6.07) is 1.05. The molecule has 0 saturated carbocycles. The van der Waals surface area contributed by atoms with Crippen LogP contribution in [0.15, 0.2) is 24.8 Å². The lowest BCUT2D eigenvalue weighted by molar-refractivity contribution is -0.141. The summed E-state index contributed by atoms with van der Waals surface area (Å²) in [5.41, 5.74) is -0.264. The smallest absolute Gasteiger partial charge is 0.328 e. The molecule has 1 rings (SSSR count). The summed E-state index contributed by atoms with van der Waals surface area (Å²) in [6.07, 6.45) is 5.63. The van der Waals surface area contributed by atoms with Gasteiger partial charge in [0.15, 0.2) is 17.5 Å². The fraction of sp³-hybridized carbons (Fsp3) is 0.438. The van der Waals surface area contributed by atoms with E-state index < -0.39 is 29.5 Å². The van der Waals surface area contributed by atoms with Gasteiger partial charge in [-0.15, -0.1) is 6.58 Å². The average Bonchev–Trinajstić information content (AvgIpc) is 2.52. The number of methoxy groups -OCH3 is 1. The number of rotatable bonds is 9. The van der Waals surface area contributed by atoms with Gasteiger partial charge in [-0.1, -0.05) is 18.9 Å². The minimum atomic E-state index is -1.57. The van der Waals surface area contributed by atoms with Gasteiger partial charge >= 0.3 is 5.97 Å². The third kappa shape index (κ3) is 5.09. The number of allylic oxidation sites excluding steroid dienone is 1. The lowest BCUT2D eigenvalue weighted by Crippen LogP contribution is -2.31. The first-order valence-electron chi connectivity index (χ1n) is 7.10. The Morgan fingerprint density at radius 3 is 2.64 bits per heavy atom. The number of carbonyl (C=O) groups is 1. The van der Waals surface area contributed by atoms with Gasteiger partial charge in [0.1, 0.15) is 6.04 Å². The summed E-state index contributed by atoms with van der Waals surface area (Å²) in [4.78, 5) is 11.7. The van der Waals surface area contributed by atoms with Gasteiger partial charge in [-0.05, 0) is 31.4 Å². The molecule has 22 heavy (non-hydrogen) atoms. The van der Waals surface area contributed by atoms with Crippen molar-refractivity contribution >= 4 is 11.7 Å². The van der Waals surface area contributed by atoms with Gasteiger partial charge in [0.25, 0.3) is 0 Å². The minimum Gasteiger partial charge on any atom is -0.467 e. The predicted octanol–water partition coefficient (Wildman–Crippen LogP) is 4.19. The van der Waals surface area contributed by atoms with E-state index in [1.807, 2.05) is 6.08 Å². The highest BCUT2D eigenvalue weighted by molar-refractivity contribution is 5.79. The van der Waals surface area contributed by atoms with Crippen molar-refractivity contribution in [3.05, 3.63) is 42.2 Å². The van der Waals surface area contributed by atoms with Crippen molar-refractivity contribution in [2.75, 3.05) is 12.4 Å². The molecule has 1 N–H and O–H groups in total. The fourth-order valence-electron chi connectivity index (χ4n) is 2.03. The van der Waals surface area contributed by atoms with Crippen LogP contribution < -0.4 is 5.32 Å². The van der Waals surface area contributed by atoms with E-state index in [0.29, 0.717) is 12.8 Å². The summed E-state index contributed by atoms with van der Waals surface area (Å²) in [5.74, 6) is -4.77. The maximum absolute atomic E-state index is 13.6. The van der Waals surface area contributed by atoms with Gasteiger partial charge in [0, 0.05) is 0 Å². The summed E-state index contributed by atoms with van der Waals surface area (Å²) >= 11 is 0. The zero-order valence-electron chi connectivity index (χ0n) is 12.5. The van der Waals surface area contributed by atoms with E-state index in [4.69, 9.17) is 0 Å². The van der Waals surface area contributed by atoms with Gasteiger partial charge in [0.2, 0.25) is 0 Å².